The van der Waals surface area contributed by atoms with E-state index in [4.69, 9.17) is 57.2 Å². The minimum absolute atomic E-state index is 0.130. The summed E-state index contributed by atoms with van der Waals surface area (Å²) in [6.07, 6.45) is 2.37. The average Bonchev–Trinajstić information content (AvgIpc) is 3.32. The van der Waals surface area contributed by atoms with Crippen molar-refractivity contribution in [1.29, 1.82) is 0 Å². The quantitative estimate of drug-likeness (QED) is 0.0267. The molecule has 0 rings (SSSR count). The maximum Gasteiger partial charge on any atom is 0.306 e. The van der Waals surface area contributed by atoms with E-state index in [1.54, 1.807) is 0 Å². The Morgan fingerprint density at radius 2 is 0.549 bits per heavy atom. The summed E-state index contributed by atoms with van der Waals surface area (Å²) in [4.78, 5) is 24.5. The molecule has 0 radical (unpaired) electrons. The molecular formula is C48H94O23. The number of rotatable bonds is 54. The molecule has 23 heteroatoms. The van der Waals surface area contributed by atoms with E-state index in [-0.39, 0.29) is 138 Å². The van der Waals surface area contributed by atoms with Crippen LogP contribution in [0.1, 0.15) is 104 Å². The second-order valence-electron chi connectivity index (χ2n) is 17.7. The SMILES string of the molecule is CCCCCCCCCC(=O)OC[C@H](O)COC[C@H](O)COC[C@H](O)COC[C@@H](COC[C@H](O)COC[C@H](O)COC[C@H](O)COC[C@H](O)COC[C@H](O)COC[C@H](O)CO)OC(=O)CCCCCCC. The van der Waals surface area contributed by atoms with Crippen LogP contribution in [0, 0.1) is 0 Å². The summed E-state index contributed by atoms with van der Waals surface area (Å²) in [5.74, 6) is -0.813. The van der Waals surface area contributed by atoms with Crippen LogP contribution in [0.5, 0.6) is 0 Å². The minimum Gasteiger partial charge on any atom is -0.463 e. The summed E-state index contributed by atoms with van der Waals surface area (Å²) in [6, 6.07) is 0. The molecule has 0 aromatic rings. The van der Waals surface area contributed by atoms with Crippen LogP contribution < -0.4 is 0 Å². The van der Waals surface area contributed by atoms with E-state index in [1.165, 1.54) is 19.3 Å². The van der Waals surface area contributed by atoms with Gasteiger partial charge >= 0.3 is 11.9 Å². The standard InChI is InChI=1S/C48H94O23/c1-3-5-7-9-10-12-13-15-47(59)70-34-45(58)33-67-28-42(55)27-66-30-44(57)32-69-36-46(71-48(60)16-14-11-8-6-4-2)35-68-31-43(56)29-65-26-41(54)25-64-24-40(53)23-63-22-39(52)21-62-20-38(51)19-61-18-37(50)17-49/h37-46,49-58H,3-36H2,1-2H3/t37-,38-,39-,40-,41-,42-,43-,44+,45-,46-/m1/s1. The summed E-state index contributed by atoms with van der Waals surface area (Å²) in [7, 11) is 0. The monoisotopic (exact) mass is 1040 g/mol. The van der Waals surface area contributed by atoms with Crippen LogP contribution in [0.25, 0.3) is 0 Å². The summed E-state index contributed by atoms with van der Waals surface area (Å²) in [5, 5.41) is 98.9. The molecule has 0 bridgehead atoms. The molecule has 0 unspecified atom stereocenters. The average molecular weight is 1040 g/mol. The molecule has 0 fully saturated rings. The molecule has 10 atom stereocenters. The van der Waals surface area contributed by atoms with Gasteiger partial charge in [-0.25, -0.2) is 0 Å². The first-order valence-corrected chi connectivity index (χ1v) is 25.5. The molecule has 0 aromatic carbocycles. The maximum atomic E-state index is 12.6. The van der Waals surface area contributed by atoms with Crippen molar-refractivity contribution in [2.24, 2.45) is 0 Å². The lowest BCUT2D eigenvalue weighted by molar-refractivity contribution is -0.158. The van der Waals surface area contributed by atoms with E-state index in [1.807, 2.05) is 0 Å². The Balaban J connectivity index is 4.36. The fourth-order valence-electron chi connectivity index (χ4n) is 6.21. The number of hydrogen-bond acceptors (Lipinski definition) is 23. The van der Waals surface area contributed by atoms with Crippen LogP contribution in [-0.4, -0.2) is 256 Å². The van der Waals surface area contributed by atoms with Gasteiger partial charge in [0, 0.05) is 12.8 Å². The summed E-state index contributed by atoms with van der Waals surface area (Å²) < 4.78 is 58.6. The van der Waals surface area contributed by atoms with Gasteiger partial charge in [0.05, 0.1) is 126 Å². The molecule has 0 aliphatic heterocycles. The second kappa shape index (κ2) is 49.1. The Morgan fingerprint density at radius 1 is 0.310 bits per heavy atom. The van der Waals surface area contributed by atoms with E-state index in [2.05, 4.69) is 13.8 Å². The Hall–Kier alpha value is -1.82. The van der Waals surface area contributed by atoms with Crippen molar-refractivity contribution in [3.8, 4) is 0 Å². The normalized spacial score (nSPS) is 16.2. The number of hydrogen-bond donors (Lipinski definition) is 10. The van der Waals surface area contributed by atoms with Gasteiger partial charge in [0.2, 0.25) is 0 Å². The zero-order valence-electron chi connectivity index (χ0n) is 42.6. The molecule has 424 valence electrons. The van der Waals surface area contributed by atoms with Crippen LogP contribution >= 0.6 is 0 Å². The highest BCUT2D eigenvalue weighted by Gasteiger charge is 2.19. The Kier molecular flexibility index (Phi) is 47.8. The lowest BCUT2D eigenvalue weighted by Gasteiger charge is -2.21. The lowest BCUT2D eigenvalue weighted by Crippen LogP contribution is -2.33. The van der Waals surface area contributed by atoms with Gasteiger partial charge in [-0.05, 0) is 12.8 Å². The molecule has 0 aliphatic rings. The molecule has 71 heavy (non-hydrogen) atoms. The van der Waals surface area contributed by atoms with Crippen LogP contribution in [0.4, 0.5) is 0 Å². The minimum atomic E-state index is -1.10. The number of aliphatic hydroxyl groups excluding tert-OH is 10. The third kappa shape index (κ3) is 47.6. The van der Waals surface area contributed by atoms with Gasteiger partial charge in [0.15, 0.2) is 0 Å². The molecule has 0 aliphatic carbocycles. The molecular weight excluding hydrogens is 945 g/mol. The smallest absolute Gasteiger partial charge is 0.306 e. The predicted octanol–water partition coefficient (Wildman–Crippen LogP) is -0.668. The van der Waals surface area contributed by atoms with Gasteiger partial charge in [-0.15, -0.1) is 0 Å². The van der Waals surface area contributed by atoms with E-state index >= 15 is 0 Å². The van der Waals surface area contributed by atoms with Crippen molar-refractivity contribution in [2.75, 3.05) is 132 Å². The number of aliphatic hydroxyl groups is 10. The zero-order chi connectivity index (χ0) is 52.7. The van der Waals surface area contributed by atoms with Gasteiger partial charge in [-0.3, -0.25) is 9.59 Å². The van der Waals surface area contributed by atoms with Gasteiger partial charge in [-0.2, -0.15) is 0 Å². The summed E-state index contributed by atoms with van der Waals surface area (Å²) >= 11 is 0. The highest BCUT2D eigenvalue weighted by atomic mass is 16.6. The predicted molar refractivity (Wildman–Crippen MR) is 255 cm³/mol. The molecule has 0 saturated carbocycles. The van der Waals surface area contributed by atoms with Crippen molar-refractivity contribution >= 4 is 11.9 Å². The molecule has 10 N–H and O–H groups in total. The number of ether oxygens (including phenoxy) is 11. The van der Waals surface area contributed by atoms with Crippen LogP contribution in [0.2, 0.25) is 0 Å². The fraction of sp³-hybridized carbons (Fsp3) is 0.958. The van der Waals surface area contributed by atoms with Crippen LogP contribution in [0.3, 0.4) is 0 Å². The zero-order valence-corrected chi connectivity index (χ0v) is 42.6. The van der Waals surface area contributed by atoms with Crippen molar-refractivity contribution in [3.63, 3.8) is 0 Å². The topological polar surface area (TPSA) is 338 Å². The third-order valence-corrected chi connectivity index (χ3v) is 9.99. The number of carbonyl (C=O) groups excluding carboxylic acids is 2. The first-order valence-electron chi connectivity index (χ1n) is 25.5. The third-order valence-electron chi connectivity index (χ3n) is 9.99. The van der Waals surface area contributed by atoms with Crippen molar-refractivity contribution in [1.82, 2.24) is 0 Å². The van der Waals surface area contributed by atoms with E-state index in [0.29, 0.717) is 12.8 Å². The van der Waals surface area contributed by atoms with Crippen LogP contribution in [-0.2, 0) is 61.7 Å². The number of unbranched alkanes of at least 4 members (excludes halogenated alkanes) is 10. The molecule has 0 amide bonds. The summed E-state index contributed by atoms with van der Waals surface area (Å²) in [6.45, 7) is 0.560. The van der Waals surface area contributed by atoms with Gasteiger partial charge in [0.25, 0.3) is 0 Å². The first kappa shape index (κ1) is 69.2. The summed E-state index contributed by atoms with van der Waals surface area (Å²) in [5.41, 5.74) is 0. The van der Waals surface area contributed by atoms with E-state index in [9.17, 15) is 55.5 Å². The van der Waals surface area contributed by atoms with Crippen molar-refractivity contribution < 1.29 is 113 Å². The Labute approximate surface area is 420 Å². The van der Waals surface area contributed by atoms with Crippen molar-refractivity contribution in [3.05, 3.63) is 0 Å². The van der Waals surface area contributed by atoms with E-state index < -0.39 is 73.6 Å². The Bertz CT molecular complexity index is 1180. The molecule has 0 aromatic heterocycles. The second-order valence-corrected chi connectivity index (χ2v) is 17.7. The molecule has 0 spiro atoms. The Morgan fingerprint density at radius 3 is 0.845 bits per heavy atom. The van der Waals surface area contributed by atoms with E-state index in [0.717, 1.165) is 51.4 Å². The molecule has 23 nitrogen and oxygen atoms in total. The number of esters is 2. The first-order chi connectivity index (χ1) is 34.2. The molecule has 0 saturated heterocycles. The largest absolute Gasteiger partial charge is 0.463 e. The highest BCUT2D eigenvalue weighted by molar-refractivity contribution is 5.69. The van der Waals surface area contributed by atoms with Gasteiger partial charge < -0.3 is 103 Å². The fourth-order valence-corrected chi connectivity index (χ4v) is 6.21. The number of carbonyl (C=O) groups is 2. The highest BCUT2D eigenvalue weighted by Crippen LogP contribution is 2.10. The van der Waals surface area contributed by atoms with Gasteiger partial charge in [0.1, 0.15) is 67.6 Å². The molecule has 0 heterocycles. The van der Waals surface area contributed by atoms with Crippen molar-refractivity contribution in [2.45, 2.75) is 165 Å². The van der Waals surface area contributed by atoms with Gasteiger partial charge in [-0.1, -0.05) is 78.1 Å². The maximum absolute atomic E-state index is 12.6. The lowest BCUT2D eigenvalue weighted by atomic mass is 10.1. The van der Waals surface area contributed by atoms with Crippen LogP contribution in [0.15, 0.2) is 0 Å².